The number of carbonyl (C=O) groups is 1. The molecule has 2 heterocycles. The monoisotopic (exact) mass is 289 g/mol. The van der Waals surface area contributed by atoms with Gasteiger partial charge in [0.25, 0.3) is 5.91 Å². The van der Waals surface area contributed by atoms with Crippen molar-refractivity contribution in [1.82, 2.24) is 15.3 Å². The zero-order valence-corrected chi connectivity index (χ0v) is 11.2. The van der Waals surface area contributed by atoms with Crippen molar-refractivity contribution in [2.75, 3.05) is 5.75 Å². The van der Waals surface area contributed by atoms with Gasteiger partial charge in [-0.3, -0.25) is 14.8 Å². The van der Waals surface area contributed by atoms with Gasteiger partial charge in [0.1, 0.15) is 5.52 Å². The van der Waals surface area contributed by atoms with Crippen molar-refractivity contribution < 1.29 is 13.2 Å². The van der Waals surface area contributed by atoms with Crippen LogP contribution in [0.2, 0.25) is 0 Å². The number of hydrogen-bond donors (Lipinski definition) is 1. The van der Waals surface area contributed by atoms with E-state index in [9.17, 15) is 13.2 Å². The van der Waals surface area contributed by atoms with Crippen molar-refractivity contribution >= 4 is 26.8 Å². The van der Waals surface area contributed by atoms with E-state index in [0.29, 0.717) is 16.6 Å². The molecular formula is C13H11N3O3S. The molecule has 6 nitrogen and oxygen atoms in total. The normalized spacial score (nSPS) is 20.1. The van der Waals surface area contributed by atoms with Gasteiger partial charge in [-0.15, -0.1) is 0 Å². The third kappa shape index (κ3) is 2.39. The minimum atomic E-state index is -3.19. The fraction of sp³-hybridized carbons (Fsp3) is 0.154. The Labute approximate surface area is 115 Å². The molecule has 20 heavy (non-hydrogen) atoms. The SMILES string of the molecule is O=C(N[C@@H]1C=CS(=O)(=O)C1)c1cccc2nccnc12. The van der Waals surface area contributed by atoms with E-state index >= 15 is 0 Å². The molecule has 0 saturated heterocycles. The van der Waals surface area contributed by atoms with E-state index in [2.05, 4.69) is 15.3 Å². The highest BCUT2D eigenvalue weighted by molar-refractivity contribution is 7.94. The zero-order valence-electron chi connectivity index (χ0n) is 10.4. The lowest BCUT2D eigenvalue weighted by molar-refractivity contribution is 0.0949. The summed E-state index contributed by atoms with van der Waals surface area (Å²) in [6, 6.07) is 4.62. The highest BCUT2D eigenvalue weighted by Gasteiger charge is 2.24. The van der Waals surface area contributed by atoms with Crippen LogP contribution in [0.1, 0.15) is 10.4 Å². The number of benzene rings is 1. The van der Waals surface area contributed by atoms with Gasteiger partial charge in [0.05, 0.1) is 22.9 Å². The summed E-state index contributed by atoms with van der Waals surface area (Å²) in [6.07, 6.45) is 4.54. The van der Waals surface area contributed by atoms with Gasteiger partial charge >= 0.3 is 0 Å². The maximum absolute atomic E-state index is 12.2. The number of fused-ring (bicyclic) bond motifs is 1. The average Bonchev–Trinajstić information content (AvgIpc) is 2.77. The molecule has 0 spiro atoms. The first-order valence-corrected chi connectivity index (χ1v) is 7.68. The highest BCUT2D eigenvalue weighted by Crippen LogP contribution is 2.15. The summed E-state index contributed by atoms with van der Waals surface area (Å²) in [4.78, 5) is 20.5. The predicted molar refractivity (Wildman–Crippen MR) is 73.7 cm³/mol. The van der Waals surface area contributed by atoms with Crippen molar-refractivity contribution in [3.8, 4) is 0 Å². The van der Waals surface area contributed by atoms with Crippen LogP contribution in [-0.2, 0) is 9.84 Å². The maximum Gasteiger partial charge on any atom is 0.254 e. The molecule has 0 saturated carbocycles. The predicted octanol–water partition coefficient (Wildman–Crippen LogP) is 0.670. The van der Waals surface area contributed by atoms with Crippen LogP contribution in [0.5, 0.6) is 0 Å². The molecule has 0 bridgehead atoms. The quantitative estimate of drug-likeness (QED) is 0.877. The van der Waals surface area contributed by atoms with Crippen LogP contribution in [0, 0.1) is 0 Å². The average molecular weight is 289 g/mol. The van der Waals surface area contributed by atoms with Crippen LogP contribution in [-0.4, -0.2) is 36.1 Å². The van der Waals surface area contributed by atoms with Crippen molar-refractivity contribution in [1.29, 1.82) is 0 Å². The van der Waals surface area contributed by atoms with Crippen molar-refractivity contribution in [3.05, 3.63) is 47.6 Å². The molecule has 2 aromatic rings. The van der Waals surface area contributed by atoms with E-state index in [1.165, 1.54) is 12.3 Å². The van der Waals surface area contributed by atoms with Gasteiger partial charge in [-0.1, -0.05) is 6.07 Å². The van der Waals surface area contributed by atoms with E-state index in [-0.39, 0.29) is 11.7 Å². The fourth-order valence-electron chi connectivity index (χ4n) is 2.09. The Morgan fingerprint density at radius 2 is 2.05 bits per heavy atom. The molecule has 7 heteroatoms. The van der Waals surface area contributed by atoms with Gasteiger partial charge in [0, 0.05) is 17.8 Å². The molecule has 102 valence electrons. The van der Waals surface area contributed by atoms with Gasteiger partial charge < -0.3 is 5.32 Å². The lowest BCUT2D eigenvalue weighted by Crippen LogP contribution is -2.35. The van der Waals surface area contributed by atoms with Gasteiger partial charge in [-0.05, 0) is 18.2 Å². The smallest absolute Gasteiger partial charge is 0.254 e. The number of nitrogens with zero attached hydrogens (tertiary/aromatic N) is 2. The summed E-state index contributed by atoms with van der Waals surface area (Å²) in [5.74, 6) is -0.460. The zero-order chi connectivity index (χ0) is 14.2. The van der Waals surface area contributed by atoms with E-state index < -0.39 is 15.9 Å². The molecule has 1 aliphatic heterocycles. The van der Waals surface area contributed by atoms with Crippen LogP contribution in [0.25, 0.3) is 11.0 Å². The number of para-hydroxylation sites is 1. The minimum Gasteiger partial charge on any atom is -0.345 e. The Balaban J connectivity index is 1.89. The Kier molecular flexibility index (Phi) is 2.98. The van der Waals surface area contributed by atoms with Crippen molar-refractivity contribution in [2.24, 2.45) is 0 Å². The molecule has 0 radical (unpaired) electrons. The van der Waals surface area contributed by atoms with Crippen LogP contribution in [0.4, 0.5) is 0 Å². The van der Waals surface area contributed by atoms with Gasteiger partial charge in [-0.2, -0.15) is 0 Å². The summed E-state index contributed by atoms with van der Waals surface area (Å²) in [5, 5.41) is 3.80. The molecule has 3 rings (SSSR count). The number of rotatable bonds is 2. The summed E-state index contributed by atoms with van der Waals surface area (Å²) in [7, 11) is -3.19. The first-order chi connectivity index (χ1) is 9.55. The van der Waals surface area contributed by atoms with E-state index in [1.54, 1.807) is 24.4 Å². The van der Waals surface area contributed by atoms with E-state index in [4.69, 9.17) is 0 Å². The first kappa shape index (κ1) is 12.7. The standard InChI is InChI=1S/C13H11N3O3S/c17-13(16-9-4-7-20(18,19)8-9)10-2-1-3-11-12(10)15-6-5-14-11/h1-7,9H,8H2,(H,16,17)/t9-/m1/s1. The Morgan fingerprint density at radius 3 is 2.80 bits per heavy atom. The second-order valence-electron chi connectivity index (χ2n) is 4.47. The molecule has 0 aliphatic carbocycles. The van der Waals surface area contributed by atoms with Crippen LogP contribution >= 0.6 is 0 Å². The maximum atomic E-state index is 12.2. The molecule has 1 atom stereocenters. The number of nitrogens with one attached hydrogen (secondary N) is 1. The molecule has 1 amide bonds. The first-order valence-electron chi connectivity index (χ1n) is 5.97. The topological polar surface area (TPSA) is 89.0 Å². The molecule has 0 fully saturated rings. The Hall–Kier alpha value is -2.28. The molecule has 1 aromatic heterocycles. The van der Waals surface area contributed by atoms with Gasteiger partial charge in [0.2, 0.25) is 0 Å². The minimum absolute atomic E-state index is 0.102. The number of aromatic nitrogens is 2. The van der Waals surface area contributed by atoms with Crippen molar-refractivity contribution in [2.45, 2.75) is 6.04 Å². The number of sulfone groups is 1. The van der Waals surface area contributed by atoms with Crippen LogP contribution < -0.4 is 5.32 Å². The largest absolute Gasteiger partial charge is 0.345 e. The van der Waals surface area contributed by atoms with Gasteiger partial charge in [-0.25, -0.2) is 8.42 Å². The second-order valence-corrected chi connectivity index (χ2v) is 6.40. The summed E-state index contributed by atoms with van der Waals surface area (Å²) in [6.45, 7) is 0. The number of hydrogen-bond acceptors (Lipinski definition) is 5. The third-order valence-corrected chi connectivity index (χ3v) is 4.39. The summed E-state index contributed by atoms with van der Waals surface area (Å²) in [5.41, 5.74) is 1.50. The lowest BCUT2D eigenvalue weighted by Gasteiger charge is -2.10. The lowest BCUT2D eigenvalue weighted by atomic mass is 10.1. The summed E-state index contributed by atoms with van der Waals surface area (Å²) < 4.78 is 22.6. The van der Waals surface area contributed by atoms with E-state index in [1.807, 2.05) is 0 Å². The fourth-order valence-corrected chi connectivity index (χ4v) is 3.32. The molecular weight excluding hydrogens is 278 g/mol. The van der Waals surface area contributed by atoms with Gasteiger partial charge in [0.15, 0.2) is 9.84 Å². The number of carbonyl (C=O) groups excluding carboxylic acids is 1. The van der Waals surface area contributed by atoms with Crippen molar-refractivity contribution in [3.63, 3.8) is 0 Å². The highest BCUT2D eigenvalue weighted by atomic mass is 32.2. The Morgan fingerprint density at radius 1 is 1.25 bits per heavy atom. The molecule has 0 unspecified atom stereocenters. The molecule has 1 aliphatic rings. The second kappa shape index (κ2) is 4.68. The summed E-state index contributed by atoms with van der Waals surface area (Å²) >= 11 is 0. The van der Waals surface area contributed by atoms with Crippen LogP contribution in [0.15, 0.2) is 42.1 Å². The molecule has 1 N–H and O–H groups in total. The molecule has 1 aromatic carbocycles. The third-order valence-electron chi connectivity index (χ3n) is 2.99. The van der Waals surface area contributed by atoms with Crippen LogP contribution in [0.3, 0.4) is 0 Å². The number of amides is 1. The van der Waals surface area contributed by atoms with E-state index in [0.717, 1.165) is 5.41 Å². The Bertz CT molecular complexity index is 809.